The average molecular weight is 228 g/mol. The maximum atomic E-state index is 11.3. The molecule has 1 unspecified atom stereocenters. The molecule has 90 valence electrons. The normalized spacial score (nSPS) is 13.1. The van der Waals surface area contributed by atoms with Crippen molar-refractivity contribution in [2.24, 2.45) is 0 Å². The lowest BCUT2D eigenvalue weighted by Gasteiger charge is -2.08. The minimum Gasteiger partial charge on any atom is -0.478 e. The van der Waals surface area contributed by atoms with Crippen LogP contribution in [0.4, 0.5) is 0 Å². The number of hydrogen-bond acceptors (Lipinski definition) is 4. The molecule has 0 aliphatic rings. The van der Waals surface area contributed by atoms with Gasteiger partial charge in [-0.25, -0.2) is 9.59 Å². The van der Waals surface area contributed by atoms with Gasteiger partial charge in [0.05, 0.1) is 11.7 Å². The summed E-state index contributed by atoms with van der Waals surface area (Å²) in [7, 11) is 0. The summed E-state index contributed by atoms with van der Waals surface area (Å²) in [6.45, 7) is 6.37. The van der Waals surface area contributed by atoms with Crippen molar-refractivity contribution in [2.75, 3.05) is 6.61 Å². The number of carbonyl (C=O) groups is 2. The summed E-state index contributed by atoms with van der Waals surface area (Å²) in [6.07, 6.45) is 0.897. The summed E-state index contributed by atoms with van der Waals surface area (Å²) in [6, 6.07) is 0. The van der Waals surface area contributed by atoms with E-state index in [0.29, 0.717) is 6.42 Å². The van der Waals surface area contributed by atoms with Gasteiger partial charge < -0.3 is 14.9 Å². The van der Waals surface area contributed by atoms with E-state index in [4.69, 9.17) is 14.9 Å². The van der Waals surface area contributed by atoms with Crippen LogP contribution in [0.3, 0.4) is 0 Å². The Morgan fingerprint density at radius 3 is 2.50 bits per heavy atom. The van der Waals surface area contributed by atoms with Crippen LogP contribution in [0.15, 0.2) is 23.8 Å². The van der Waals surface area contributed by atoms with Crippen LogP contribution >= 0.6 is 0 Å². The number of aliphatic hydroxyl groups excluding tert-OH is 1. The summed E-state index contributed by atoms with van der Waals surface area (Å²) in [5.41, 5.74) is -0.0545. The van der Waals surface area contributed by atoms with Crippen LogP contribution < -0.4 is 0 Å². The summed E-state index contributed by atoms with van der Waals surface area (Å²) in [4.78, 5) is 21.7. The largest absolute Gasteiger partial charge is 0.478 e. The summed E-state index contributed by atoms with van der Waals surface area (Å²) < 4.78 is 4.71. The zero-order valence-corrected chi connectivity index (χ0v) is 9.40. The highest BCUT2D eigenvalue weighted by Crippen LogP contribution is 2.04. The molecule has 0 fully saturated rings. The van der Waals surface area contributed by atoms with Crippen LogP contribution in [0, 0.1) is 0 Å². The Hall–Kier alpha value is -1.62. The smallest absolute Gasteiger partial charge is 0.337 e. The Balaban J connectivity index is 4.25. The third-order valence-electron chi connectivity index (χ3n) is 1.87. The maximum absolute atomic E-state index is 11.3. The Labute approximate surface area is 94.0 Å². The van der Waals surface area contributed by atoms with Crippen molar-refractivity contribution in [3.8, 4) is 0 Å². The first-order chi connectivity index (χ1) is 7.38. The summed E-state index contributed by atoms with van der Waals surface area (Å²) in [5, 5.41) is 17.7. The highest BCUT2D eigenvalue weighted by atomic mass is 16.5. The number of aliphatic carboxylic acids is 1. The molecule has 0 rings (SSSR count). The minimum atomic E-state index is -1.12. The number of ether oxygens (including phenoxy) is 1. The zero-order chi connectivity index (χ0) is 12.7. The van der Waals surface area contributed by atoms with Crippen molar-refractivity contribution in [3.63, 3.8) is 0 Å². The second kappa shape index (κ2) is 6.79. The average Bonchev–Trinajstić information content (AvgIpc) is 2.24. The number of aliphatic hydroxyl groups is 1. The monoisotopic (exact) mass is 228 g/mol. The molecular weight excluding hydrogens is 212 g/mol. The lowest BCUT2D eigenvalue weighted by Crippen LogP contribution is -2.18. The molecule has 0 bridgehead atoms. The highest BCUT2D eigenvalue weighted by Gasteiger charge is 2.10. The van der Waals surface area contributed by atoms with Crippen molar-refractivity contribution in [1.82, 2.24) is 0 Å². The SMILES string of the molecule is C=C(C=C(C)C(=O)O)C(=O)OCC(O)CC. The van der Waals surface area contributed by atoms with Gasteiger partial charge in [-0.05, 0) is 19.4 Å². The first-order valence-corrected chi connectivity index (χ1v) is 4.84. The van der Waals surface area contributed by atoms with E-state index in [9.17, 15) is 9.59 Å². The number of carbonyl (C=O) groups excluding carboxylic acids is 1. The molecule has 0 heterocycles. The molecular formula is C11H16O5. The number of hydrogen-bond donors (Lipinski definition) is 2. The van der Waals surface area contributed by atoms with E-state index in [2.05, 4.69) is 6.58 Å². The second-order valence-corrected chi connectivity index (χ2v) is 3.32. The molecule has 0 aromatic carbocycles. The Morgan fingerprint density at radius 1 is 1.50 bits per heavy atom. The first-order valence-electron chi connectivity index (χ1n) is 4.84. The third-order valence-corrected chi connectivity index (χ3v) is 1.87. The quantitative estimate of drug-likeness (QED) is 0.400. The van der Waals surface area contributed by atoms with Crippen LogP contribution in [-0.2, 0) is 14.3 Å². The van der Waals surface area contributed by atoms with E-state index in [1.54, 1.807) is 6.92 Å². The fourth-order valence-corrected chi connectivity index (χ4v) is 0.764. The molecule has 5 nitrogen and oxygen atoms in total. The van der Waals surface area contributed by atoms with Gasteiger partial charge in [-0.15, -0.1) is 0 Å². The Kier molecular flexibility index (Phi) is 6.10. The first kappa shape index (κ1) is 14.4. The minimum absolute atomic E-state index is 0.00186. The molecule has 0 aromatic rings. The van der Waals surface area contributed by atoms with Gasteiger partial charge in [0, 0.05) is 5.57 Å². The van der Waals surface area contributed by atoms with Crippen LogP contribution in [0.25, 0.3) is 0 Å². The fourth-order valence-electron chi connectivity index (χ4n) is 0.764. The van der Waals surface area contributed by atoms with Gasteiger partial charge in [0.1, 0.15) is 6.61 Å². The highest BCUT2D eigenvalue weighted by molar-refractivity contribution is 5.94. The predicted molar refractivity (Wildman–Crippen MR) is 57.8 cm³/mol. The Morgan fingerprint density at radius 2 is 2.06 bits per heavy atom. The van der Waals surface area contributed by atoms with Gasteiger partial charge in [-0.1, -0.05) is 13.5 Å². The zero-order valence-electron chi connectivity index (χ0n) is 9.40. The molecule has 16 heavy (non-hydrogen) atoms. The van der Waals surface area contributed by atoms with Crippen molar-refractivity contribution >= 4 is 11.9 Å². The molecule has 1 atom stereocenters. The van der Waals surface area contributed by atoms with Crippen molar-refractivity contribution in [3.05, 3.63) is 23.8 Å². The fraction of sp³-hybridized carbons (Fsp3) is 0.455. The molecule has 0 aliphatic carbocycles. The van der Waals surface area contributed by atoms with E-state index in [0.717, 1.165) is 6.08 Å². The molecule has 0 aliphatic heterocycles. The Bertz CT molecular complexity index is 316. The topological polar surface area (TPSA) is 83.8 Å². The molecule has 0 amide bonds. The van der Waals surface area contributed by atoms with E-state index in [-0.39, 0.29) is 17.8 Å². The van der Waals surface area contributed by atoms with Crippen LogP contribution in [-0.4, -0.2) is 34.9 Å². The van der Waals surface area contributed by atoms with Crippen LogP contribution in [0.2, 0.25) is 0 Å². The lowest BCUT2D eigenvalue weighted by molar-refractivity contribution is -0.141. The molecule has 0 saturated carbocycles. The van der Waals surface area contributed by atoms with E-state index >= 15 is 0 Å². The lowest BCUT2D eigenvalue weighted by atomic mass is 10.2. The van der Waals surface area contributed by atoms with Crippen LogP contribution in [0.1, 0.15) is 20.3 Å². The summed E-state index contributed by atoms with van der Waals surface area (Å²) in [5.74, 6) is -1.85. The number of esters is 1. The van der Waals surface area contributed by atoms with Gasteiger partial charge in [0.2, 0.25) is 0 Å². The van der Waals surface area contributed by atoms with Crippen LogP contribution in [0.5, 0.6) is 0 Å². The van der Waals surface area contributed by atoms with Gasteiger partial charge in [-0.2, -0.15) is 0 Å². The number of carboxylic acids is 1. The van der Waals surface area contributed by atoms with E-state index in [1.165, 1.54) is 6.92 Å². The molecule has 0 spiro atoms. The van der Waals surface area contributed by atoms with Crippen molar-refractivity contribution < 1.29 is 24.5 Å². The summed E-state index contributed by atoms with van der Waals surface area (Å²) >= 11 is 0. The molecule has 0 aromatic heterocycles. The third kappa shape index (κ3) is 5.31. The maximum Gasteiger partial charge on any atom is 0.337 e. The van der Waals surface area contributed by atoms with Crippen molar-refractivity contribution in [1.29, 1.82) is 0 Å². The van der Waals surface area contributed by atoms with E-state index < -0.39 is 18.0 Å². The van der Waals surface area contributed by atoms with Gasteiger partial charge in [-0.3, -0.25) is 0 Å². The number of carboxylic acid groups (broad SMARTS) is 1. The molecule has 2 N–H and O–H groups in total. The van der Waals surface area contributed by atoms with E-state index in [1.807, 2.05) is 0 Å². The standard InChI is InChI=1S/C11H16O5/c1-4-9(12)6-16-11(15)8(3)5-7(2)10(13)14/h5,9,12H,3-4,6H2,1-2H3,(H,13,14). The molecule has 0 saturated heterocycles. The number of rotatable bonds is 6. The molecule has 0 radical (unpaired) electrons. The van der Waals surface area contributed by atoms with Gasteiger partial charge in [0.25, 0.3) is 0 Å². The van der Waals surface area contributed by atoms with Gasteiger partial charge in [0.15, 0.2) is 0 Å². The molecule has 5 heteroatoms. The van der Waals surface area contributed by atoms with Crippen molar-refractivity contribution in [2.45, 2.75) is 26.4 Å². The van der Waals surface area contributed by atoms with Gasteiger partial charge >= 0.3 is 11.9 Å². The second-order valence-electron chi connectivity index (χ2n) is 3.32. The predicted octanol–water partition coefficient (Wildman–Crippen LogP) is 0.888.